The van der Waals surface area contributed by atoms with Crippen LogP contribution in [-0.4, -0.2) is 57.6 Å². The second-order valence-electron chi connectivity index (χ2n) is 15.2. The third kappa shape index (κ3) is 38.5. The van der Waals surface area contributed by atoms with Crippen LogP contribution in [0.1, 0.15) is 213 Å². The lowest BCUT2D eigenvalue weighted by molar-refractivity contribution is -0.147. The number of hydrogen-bond donors (Lipinski definition) is 2. The van der Waals surface area contributed by atoms with Crippen molar-refractivity contribution in [1.82, 2.24) is 5.32 Å². The maximum atomic E-state index is 12.5. The van der Waals surface area contributed by atoms with E-state index in [1.807, 2.05) is 0 Å². The van der Waals surface area contributed by atoms with Crippen molar-refractivity contribution < 1.29 is 19.0 Å². The van der Waals surface area contributed by atoms with E-state index >= 15 is 0 Å². The highest BCUT2D eigenvalue weighted by Gasteiger charge is 2.28. The number of rotatable bonds is 44. The molecule has 0 bridgehead atoms. The van der Waals surface area contributed by atoms with Crippen molar-refractivity contribution in [2.75, 3.05) is 39.5 Å². The van der Waals surface area contributed by atoms with E-state index in [9.17, 15) is 4.79 Å². The van der Waals surface area contributed by atoms with E-state index in [4.69, 9.17) is 19.9 Å². The molecule has 0 aromatic heterocycles. The summed E-state index contributed by atoms with van der Waals surface area (Å²) in [5, 5.41) is 3.41. The summed E-state index contributed by atoms with van der Waals surface area (Å²) < 4.78 is 18.2. The summed E-state index contributed by atoms with van der Waals surface area (Å²) in [4.78, 5) is 12.5. The van der Waals surface area contributed by atoms with Crippen molar-refractivity contribution in [3.63, 3.8) is 0 Å². The van der Waals surface area contributed by atoms with Gasteiger partial charge < -0.3 is 25.3 Å². The number of carbonyl (C=O) groups excluding carboxylic acids is 1. The fourth-order valence-corrected chi connectivity index (χ4v) is 6.51. The van der Waals surface area contributed by atoms with Gasteiger partial charge in [-0.3, -0.25) is 4.79 Å². The lowest BCUT2D eigenvalue weighted by Gasteiger charge is -2.25. The Morgan fingerprint density at radius 3 is 1.29 bits per heavy atom. The van der Waals surface area contributed by atoms with Crippen LogP contribution >= 0.6 is 0 Å². The van der Waals surface area contributed by atoms with Gasteiger partial charge in [-0.2, -0.15) is 0 Å². The van der Waals surface area contributed by atoms with Gasteiger partial charge in [0.25, 0.3) is 0 Å². The number of hydrogen-bond acceptors (Lipinski definition) is 5. The number of nitrogens with one attached hydrogen (secondary N) is 1. The minimum Gasteiger partial charge on any atom is -0.377 e. The molecule has 0 aromatic rings. The molecule has 0 rings (SSSR count). The molecule has 52 heavy (non-hydrogen) atoms. The van der Waals surface area contributed by atoms with Crippen LogP contribution in [0.15, 0.2) is 24.3 Å². The molecule has 0 fully saturated rings. The zero-order valence-corrected chi connectivity index (χ0v) is 35.1. The van der Waals surface area contributed by atoms with Gasteiger partial charge in [-0.25, -0.2) is 0 Å². The normalized spacial score (nSPS) is 13.1. The lowest BCUT2D eigenvalue weighted by atomic mass is 10.1. The number of ether oxygens (including phenoxy) is 3. The third-order valence-electron chi connectivity index (χ3n) is 9.97. The number of carbonyl (C=O) groups is 1. The molecular weight excluding hydrogens is 645 g/mol. The second-order valence-corrected chi connectivity index (χ2v) is 15.2. The summed E-state index contributed by atoms with van der Waals surface area (Å²) in [6.07, 6.45) is 46.3. The van der Waals surface area contributed by atoms with Crippen molar-refractivity contribution in [2.24, 2.45) is 5.73 Å². The summed E-state index contributed by atoms with van der Waals surface area (Å²) in [5.74, 6) is -0.458. The van der Waals surface area contributed by atoms with Crippen LogP contribution < -0.4 is 11.1 Å². The number of unbranched alkanes of at least 4 members (excludes halogenated alkanes) is 25. The average molecular weight is 735 g/mol. The van der Waals surface area contributed by atoms with Crippen molar-refractivity contribution in [1.29, 1.82) is 0 Å². The first-order chi connectivity index (χ1) is 25.7. The van der Waals surface area contributed by atoms with Gasteiger partial charge in [0, 0.05) is 19.8 Å². The third-order valence-corrected chi connectivity index (χ3v) is 9.97. The van der Waals surface area contributed by atoms with Gasteiger partial charge in [-0.1, -0.05) is 167 Å². The molecule has 6 heteroatoms. The molecule has 2 unspecified atom stereocenters. The number of primary amides is 1. The molecule has 3 N–H and O–H groups in total. The molecule has 0 saturated carbocycles. The minimum atomic E-state index is -0.773. The largest absolute Gasteiger partial charge is 0.377 e. The van der Waals surface area contributed by atoms with Crippen molar-refractivity contribution in [2.45, 2.75) is 226 Å². The maximum Gasteiger partial charge on any atom is 0.249 e. The fraction of sp³-hybridized carbons (Fsp3) is 0.891. The van der Waals surface area contributed by atoms with Gasteiger partial charge in [0.1, 0.15) is 6.10 Å². The second kappa shape index (κ2) is 44.2. The molecule has 0 saturated heterocycles. The van der Waals surface area contributed by atoms with Crippen LogP contribution in [-0.2, 0) is 19.0 Å². The van der Waals surface area contributed by atoms with E-state index in [0.29, 0.717) is 26.4 Å². The first kappa shape index (κ1) is 50.8. The van der Waals surface area contributed by atoms with Crippen molar-refractivity contribution in [3.8, 4) is 0 Å². The minimum absolute atomic E-state index is 0.322. The van der Waals surface area contributed by atoms with Crippen molar-refractivity contribution >= 4 is 5.91 Å². The van der Waals surface area contributed by atoms with Crippen molar-refractivity contribution in [3.05, 3.63) is 24.3 Å². The Labute approximate surface area is 324 Å². The highest BCUT2D eigenvalue weighted by atomic mass is 16.6. The average Bonchev–Trinajstić information content (AvgIpc) is 3.14. The Hall–Kier alpha value is -1.21. The zero-order valence-electron chi connectivity index (χ0n) is 35.1. The predicted octanol–water partition coefficient (Wildman–Crippen LogP) is 12.7. The molecule has 308 valence electrons. The lowest BCUT2D eigenvalue weighted by Crippen LogP contribution is -2.45. The molecule has 6 nitrogen and oxygen atoms in total. The summed E-state index contributed by atoms with van der Waals surface area (Å²) >= 11 is 0. The van der Waals surface area contributed by atoms with Crippen LogP contribution in [0.5, 0.6) is 0 Å². The Morgan fingerprint density at radius 1 is 0.481 bits per heavy atom. The zero-order chi connectivity index (χ0) is 37.8. The topological polar surface area (TPSA) is 82.8 Å². The highest BCUT2D eigenvalue weighted by molar-refractivity contribution is 5.79. The summed E-state index contributed by atoms with van der Waals surface area (Å²) in [6, 6.07) is 0. The van der Waals surface area contributed by atoms with Crippen LogP contribution in [0.2, 0.25) is 0 Å². The first-order valence-corrected chi connectivity index (χ1v) is 22.8. The Kier molecular flexibility index (Phi) is 43.2. The highest BCUT2D eigenvalue weighted by Crippen LogP contribution is 2.14. The van der Waals surface area contributed by atoms with Gasteiger partial charge in [-0.15, -0.1) is 0 Å². The van der Waals surface area contributed by atoms with Crippen LogP contribution in [0.25, 0.3) is 0 Å². The summed E-state index contributed by atoms with van der Waals surface area (Å²) in [6.45, 7) is 10.6. The van der Waals surface area contributed by atoms with Gasteiger partial charge in [0.05, 0.1) is 13.2 Å². The molecule has 0 spiro atoms. The molecule has 2 atom stereocenters. The number of amides is 1. The Bertz CT molecular complexity index is 759. The van der Waals surface area contributed by atoms with E-state index in [0.717, 1.165) is 45.2 Å². The van der Waals surface area contributed by atoms with Gasteiger partial charge in [-0.05, 0) is 77.2 Å². The van der Waals surface area contributed by atoms with Crippen LogP contribution in [0.3, 0.4) is 0 Å². The quantitative estimate of drug-likeness (QED) is 0.0481. The van der Waals surface area contributed by atoms with Gasteiger partial charge in [0.15, 0.2) is 6.10 Å². The van der Waals surface area contributed by atoms with E-state index < -0.39 is 18.1 Å². The molecular formula is C46H90N2O4. The molecule has 0 aromatic carbocycles. The van der Waals surface area contributed by atoms with E-state index in [1.54, 1.807) is 0 Å². The standard InChI is InChI=1S/C46H90N2O4/c1-4-7-10-12-14-16-18-20-22-24-26-28-30-32-34-36-40-51-44(43-50-42-39-48-38-9-6-3)45(46(47)49)52-41-37-35-33-31-29-27-25-23-21-19-17-15-13-11-8-5-2/h20-23,44-45,48H,4-19,24-43H2,1-3H3,(H2,47,49)/b22-20-,23-21-. The van der Waals surface area contributed by atoms with Crippen LogP contribution in [0, 0.1) is 0 Å². The molecule has 1 amide bonds. The first-order valence-electron chi connectivity index (χ1n) is 22.8. The SMILES string of the molecule is CCCCCCCC/C=C\CCCCCCCCOC(COCCNCCCC)C(OCCCCCCCC/C=C\CCCCCCCC)C(N)=O. The molecule has 0 aliphatic heterocycles. The smallest absolute Gasteiger partial charge is 0.249 e. The Balaban J connectivity index is 4.20. The molecule has 0 aliphatic carbocycles. The van der Waals surface area contributed by atoms with Crippen LogP contribution in [0.4, 0.5) is 0 Å². The maximum absolute atomic E-state index is 12.5. The number of allylic oxidation sites excluding steroid dienone is 4. The number of nitrogens with two attached hydrogens (primary N) is 1. The Morgan fingerprint density at radius 2 is 0.865 bits per heavy atom. The molecule has 0 aliphatic rings. The monoisotopic (exact) mass is 735 g/mol. The summed E-state index contributed by atoms with van der Waals surface area (Å²) in [5.41, 5.74) is 5.84. The summed E-state index contributed by atoms with van der Waals surface area (Å²) in [7, 11) is 0. The predicted molar refractivity (Wildman–Crippen MR) is 226 cm³/mol. The van der Waals surface area contributed by atoms with E-state index in [1.165, 1.54) is 161 Å². The molecule has 0 heterocycles. The molecule has 0 radical (unpaired) electrons. The fourth-order valence-electron chi connectivity index (χ4n) is 6.51. The van der Waals surface area contributed by atoms with Gasteiger partial charge >= 0.3 is 0 Å². The van der Waals surface area contributed by atoms with Gasteiger partial charge in [0.2, 0.25) is 5.91 Å². The van der Waals surface area contributed by atoms with E-state index in [-0.39, 0.29) is 0 Å². The van der Waals surface area contributed by atoms with E-state index in [2.05, 4.69) is 50.4 Å².